The van der Waals surface area contributed by atoms with Crippen LogP contribution in [0.4, 0.5) is 47.3 Å². The van der Waals surface area contributed by atoms with E-state index in [0.717, 1.165) is 12.4 Å². The van der Waals surface area contributed by atoms with Crippen LogP contribution in [0.1, 0.15) is 72.3 Å². The number of alkyl halides is 6. The minimum Gasteiger partial charge on any atom is -0.481 e. The number of rotatable bonds is 9. The van der Waals surface area contributed by atoms with Gasteiger partial charge in [-0.1, -0.05) is 37.3 Å². The van der Waals surface area contributed by atoms with E-state index in [1.54, 1.807) is 44.2 Å². The first-order valence-electron chi connectivity index (χ1n) is 16.0. The Kier molecular flexibility index (Phi) is 10.9. The second-order valence-corrected chi connectivity index (χ2v) is 11.9. The molecular weight excluding hydrogens is 698 g/mol. The molecule has 3 N–H and O–H groups in total. The van der Waals surface area contributed by atoms with Gasteiger partial charge in [-0.25, -0.2) is 24.5 Å². The molecule has 0 bridgehead atoms. The molecule has 0 saturated heterocycles. The van der Waals surface area contributed by atoms with Crippen molar-refractivity contribution in [3.8, 4) is 5.88 Å². The number of methoxy groups -OCH3 is 1. The first-order valence-corrected chi connectivity index (χ1v) is 16.0. The average Bonchev–Trinajstić information content (AvgIpc) is 3.11. The van der Waals surface area contributed by atoms with Crippen LogP contribution in [0.25, 0.3) is 0 Å². The highest BCUT2D eigenvalue weighted by Crippen LogP contribution is 2.51. The van der Waals surface area contributed by atoms with Gasteiger partial charge in [0.25, 0.3) is 0 Å². The fraction of sp³-hybridized carbons (Fsp3) is 0.343. The Hall–Kier alpha value is -5.45. The van der Waals surface area contributed by atoms with Crippen LogP contribution in [0.5, 0.6) is 5.88 Å². The molecule has 52 heavy (non-hydrogen) atoms. The van der Waals surface area contributed by atoms with Crippen LogP contribution < -0.4 is 20.7 Å². The molecule has 17 heteroatoms. The van der Waals surface area contributed by atoms with Gasteiger partial charge in [0.15, 0.2) is 0 Å². The second kappa shape index (κ2) is 15.0. The van der Waals surface area contributed by atoms with Crippen molar-refractivity contribution in [2.45, 2.75) is 63.1 Å². The first-order chi connectivity index (χ1) is 24.6. The van der Waals surface area contributed by atoms with E-state index in [2.05, 4.69) is 20.3 Å². The molecule has 0 fully saturated rings. The van der Waals surface area contributed by atoms with E-state index in [9.17, 15) is 35.9 Å². The standard InChI is InChI=1S/C35H34F6N6O5/c1-4-33(42)16-25(29-26(11-12-27(46-29)50-3)47(33)32(49)51-5-2)28(21-13-22(34(36,37)38)15-23(14-21)35(39,40)41)30-43-17-24(18-44-30)45-31(48)52-19-20-9-7-6-8-10-20/h6-15,17-18,25,28H,4-5,16,19,42H2,1-3H3,(H,45,48)/t25-,28?,33+/m0/s1. The molecule has 276 valence electrons. The fourth-order valence-corrected chi connectivity index (χ4v) is 6.04. The number of ether oxygens (including phenoxy) is 3. The topological polar surface area (TPSA) is 142 Å². The van der Waals surface area contributed by atoms with Crippen molar-refractivity contribution in [2.75, 3.05) is 23.9 Å². The molecule has 3 atom stereocenters. The average molecular weight is 733 g/mol. The number of benzene rings is 2. The second-order valence-electron chi connectivity index (χ2n) is 11.9. The van der Waals surface area contributed by atoms with E-state index in [4.69, 9.17) is 19.9 Å². The van der Waals surface area contributed by atoms with Gasteiger partial charge in [0, 0.05) is 12.0 Å². The van der Waals surface area contributed by atoms with Crippen LogP contribution >= 0.6 is 0 Å². The molecule has 0 saturated carbocycles. The van der Waals surface area contributed by atoms with Crippen molar-refractivity contribution in [3.63, 3.8) is 0 Å². The SMILES string of the molecule is CCOC(=O)N1c2ccc(OC)nc2[C@H](C(c2cc(C(F)(F)F)cc(C(F)(F)F)c2)c2ncc(NC(=O)OCc3ccccc3)cn2)C[C@@]1(N)CC. The Bertz CT molecular complexity index is 1860. The lowest BCUT2D eigenvalue weighted by Crippen LogP contribution is -2.62. The van der Waals surface area contributed by atoms with E-state index in [1.807, 2.05) is 0 Å². The number of pyridine rings is 1. The third kappa shape index (κ3) is 8.19. The molecule has 1 unspecified atom stereocenters. The molecule has 2 aromatic heterocycles. The molecule has 0 spiro atoms. The number of nitrogens with zero attached hydrogens (tertiary/aromatic N) is 4. The lowest BCUT2D eigenvalue weighted by molar-refractivity contribution is -0.143. The third-order valence-corrected chi connectivity index (χ3v) is 8.54. The molecule has 1 aliphatic rings. The third-order valence-electron chi connectivity index (χ3n) is 8.54. The van der Waals surface area contributed by atoms with E-state index in [1.165, 1.54) is 24.1 Å². The quantitative estimate of drug-likeness (QED) is 0.164. The van der Waals surface area contributed by atoms with Crippen LogP contribution in [-0.4, -0.2) is 46.5 Å². The molecule has 0 radical (unpaired) electrons. The van der Waals surface area contributed by atoms with Gasteiger partial charge >= 0.3 is 24.5 Å². The van der Waals surface area contributed by atoms with Gasteiger partial charge < -0.3 is 19.9 Å². The number of aromatic nitrogens is 3. The van der Waals surface area contributed by atoms with Crippen molar-refractivity contribution in [1.29, 1.82) is 0 Å². The molecular formula is C35H34F6N6O5. The van der Waals surface area contributed by atoms with Crippen LogP contribution in [0, 0.1) is 0 Å². The zero-order valence-electron chi connectivity index (χ0n) is 28.1. The van der Waals surface area contributed by atoms with Crippen molar-refractivity contribution >= 4 is 23.6 Å². The number of hydrogen-bond donors (Lipinski definition) is 2. The molecule has 11 nitrogen and oxygen atoms in total. The molecule has 4 aromatic rings. The molecule has 2 amide bonds. The van der Waals surface area contributed by atoms with E-state index >= 15 is 0 Å². The largest absolute Gasteiger partial charge is 0.481 e. The summed E-state index contributed by atoms with van der Waals surface area (Å²) in [5, 5.41) is 2.45. The van der Waals surface area contributed by atoms with Crippen LogP contribution in [0.3, 0.4) is 0 Å². The van der Waals surface area contributed by atoms with Crippen molar-refractivity contribution < 1.29 is 50.1 Å². The van der Waals surface area contributed by atoms with Gasteiger partial charge in [-0.15, -0.1) is 0 Å². The summed E-state index contributed by atoms with van der Waals surface area (Å²) in [6, 6.07) is 12.9. The predicted molar refractivity (Wildman–Crippen MR) is 175 cm³/mol. The number of halogens is 6. The number of nitrogens with two attached hydrogens (primary N) is 1. The van der Waals surface area contributed by atoms with Crippen molar-refractivity contribution in [3.05, 3.63) is 107 Å². The highest BCUT2D eigenvalue weighted by Gasteiger charge is 2.49. The number of nitrogens with one attached hydrogen (secondary N) is 1. The van der Waals surface area contributed by atoms with Crippen LogP contribution in [0.15, 0.2) is 73.1 Å². The number of carbonyl (C=O) groups is 2. The fourth-order valence-electron chi connectivity index (χ4n) is 6.04. The maximum absolute atomic E-state index is 14.2. The molecule has 2 aromatic carbocycles. The van der Waals surface area contributed by atoms with Gasteiger partial charge in [-0.3, -0.25) is 10.2 Å². The smallest absolute Gasteiger partial charge is 0.416 e. The first kappa shape index (κ1) is 37.8. The van der Waals surface area contributed by atoms with Crippen molar-refractivity contribution in [2.24, 2.45) is 5.73 Å². The summed E-state index contributed by atoms with van der Waals surface area (Å²) in [5.74, 6) is -2.76. The van der Waals surface area contributed by atoms with Gasteiger partial charge in [0.1, 0.15) is 12.4 Å². The minimum atomic E-state index is -5.16. The minimum absolute atomic E-state index is 0.0153. The number of carbonyl (C=O) groups excluding carboxylic acids is 2. The van der Waals surface area contributed by atoms with E-state index in [-0.39, 0.29) is 60.9 Å². The Labute approximate surface area is 294 Å². The lowest BCUT2D eigenvalue weighted by atomic mass is 9.73. The molecule has 5 rings (SSSR count). The predicted octanol–water partition coefficient (Wildman–Crippen LogP) is 8.01. The molecule has 1 aliphatic heterocycles. The summed E-state index contributed by atoms with van der Waals surface area (Å²) in [5.41, 5.74) is 2.64. The zero-order chi connectivity index (χ0) is 37.8. The van der Waals surface area contributed by atoms with Crippen LogP contribution in [-0.2, 0) is 28.4 Å². The monoisotopic (exact) mass is 732 g/mol. The van der Waals surface area contributed by atoms with Gasteiger partial charge in [0.05, 0.1) is 65.9 Å². The summed E-state index contributed by atoms with van der Waals surface area (Å²) in [4.78, 5) is 40.1. The van der Waals surface area contributed by atoms with E-state index < -0.39 is 58.7 Å². The Balaban J connectivity index is 1.66. The summed E-state index contributed by atoms with van der Waals surface area (Å²) in [6.07, 6.45) is -9.89. The maximum atomic E-state index is 14.2. The summed E-state index contributed by atoms with van der Waals surface area (Å²) in [7, 11) is 1.31. The van der Waals surface area contributed by atoms with Crippen LogP contribution in [0.2, 0.25) is 0 Å². The van der Waals surface area contributed by atoms with Gasteiger partial charge in [0.2, 0.25) is 5.88 Å². The summed E-state index contributed by atoms with van der Waals surface area (Å²) >= 11 is 0. The van der Waals surface area contributed by atoms with Gasteiger partial charge in [-0.2, -0.15) is 26.3 Å². The molecule has 0 aliphatic carbocycles. The summed E-state index contributed by atoms with van der Waals surface area (Å²) in [6.45, 7) is 3.19. The zero-order valence-corrected chi connectivity index (χ0v) is 28.1. The summed E-state index contributed by atoms with van der Waals surface area (Å²) < 4.78 is 101. The Morgan fingerprint density at radius 1 is 0.962 bits per heavy atom. The molecule has 3 heterocycles. The Morgan fingerprint density at radius 2 is 1.60 bits per heavy atom. The Morgan fingerprint density at radius 3 is 2.15 bits per heavy atom. The maximum Gasteiger partial charge on any atom is 0.416 e. The number of anilines is 2. The van der Waals surface area contributed by atoms with Gasteiger partial charge in [-0.05, 0) is 55.2 Å². The number of amides is 2. The lowest BCUT2D eigenvalue weighted by Gasteiger charge is -2.47. The highest BCUT2D eigenvalue weighted by molar-refractivity contribution is 5.91. The number of fused-ring (bicyclic) bond motifs is 1. The van der Waals surface area contributed by atoms with Crippen molar-refractivity contribution in [1.82, 2.24) is 15.0 Å². The van der Waals surface area contributed by atoms with E-state index in [0.29, 0.717) is 17.7 Å². The normalized spacial score (nSPS) is 17.9. The number of hydrogen-bond acceptors (Lipinski definition) is 9. The highest BCUT2D eigenvalue weighted by atomic mass is 19.4.